The maximum atomic E-state index is 11.7. The summed E-state index contributed by atoms with van der Waals surface area (Å²) in [7, 11) is 0. The van der Waals surface area contributed by atoms with Gasteiger partial charge in [0.15, 0.2) is 0 Å². The number of carbonyl (C=O) groups is 1. The van der Waals surface area contributed by atoms with Crippen molar-refractivity contribution < 1.29 is 9.90 Å². The lowest BCUT2D eigenvalue weighted by Crippen LogP contribution is -2.35. The minimum absolute atomic E-state index is 0.488. The van der Waals surface area contributed by atoms with E-state index in [2.05, 4.69) is 4.90 Å². The first kappa shape index (κ1) is 14.1. The van der Waals surface area contributed by atoms with E-state index in [-0.39, 0.29) is 0 Å². The zero-order valence-corrected chi connectivity index (χ0v) is 11.9. The molecule has 1 unspecified atom stereocenters. The molecule has 0 aromatic heterocycles. The zero-order valence-electron chi connectivity index (χ0n) is 11.9. The third-order valence-corrected chi connectivity index (χ3v) is 3.97. The number of hydrogen-bond acceptors (Lipinski definition) is 2. The molecule has 1 saturated heterocycles. The molecule has 0 spiro atoms. The number of carboxylic acid groups (broad SMARTS) is 1. The zero-order chi connectivity index (χ0) is 13.8. The molecule has 1 aliphatic rings. The third kappa shape index (κ3) is 3.35. The second kappa shape index (κ2) is 6.20. The Kier molecular flexibility index (Phi) is 4.59. The van der Waals surface area contributed by atoms with Crippen molar-refractivity contribution >= 4 is 5.97 Å². The molecule has 1 atom stereocenters. The average Bonchev–Trinajstić information content (AvgIpc) is 2.62. The fraction of sp³-hybridized carbons (Fsp3) is 0.562. The quantitative estimate of drug-likeness (QED) is 0.907. The van der Waals surface area contributed by atoms with Gasteiger partial charge in [0.05, 0.1) is 0 Å². The molecular formula is C16H23NO2. The lowest BCUT2D eigenvalue weighted by molar-refractivity contribution is -0.143. The van der Waals surface area contributed by atoms with Gasteiger partial charge in [0.1, 0.15) is 6.04 Å². The predicted molar refractivity (Wildman–Crippen MR) is 76.3 cm³/mol. The molecule has 1 fully saturated rings. The summed E-state index contributed by atoms with van der Waals surface area (Å²) in [4.78, 5) is 13.9. The second-order valence-electron chi connectivity index (χ2n) is 5.55. The van der Waals surface area contributed by atoms with Crippen molar-refractivity contribution in [2.24, 2.45) is 0 Å². The normalized spacial score (nSPS) is 18.8. The SMILES string of the molecule is Cc1ccc(C)c(C(C(=O)O)N2CCCCCC2)c1. The topological polar surface area (TPSA) is 40.5 Å². The number of carboxylic acids is 1. The summed E-state index contributed by atoms with van der Waals surface area (Å²) in [6, 6.07) is 5.61. The number of nitrogens with zero attached hydrogens (tertiary/aromatic N) is 1. The molecule has 104 valence electrons. The van der Waals surface area contributed by atoms with Crippen molar-refractivity contribution in [1.82, 2.24) is 4.90 Å². The van der Waals surface area contributed by atoms with E-state index in [0.29, 0.717) is 0 Å². The summed E-state index contributed by atoms with van der Waals surface area (Å²) in [5.41, 5.74) is 3.15. The third-order valence-electron chi connectivity index (χ3n) is 3.97. The molecule has 1 aliphatic heterocycles. The Bertz CT molecular complexity index is 448. The molecule has 0 amide bonds. The molecule has 3 nitrogen and oxygen atoms in total. The molecule has 2 rings (SSSR count). The van der Waals surface area contributed by atoms with E-state index < -0.39 is 12.0 Å². The van der Waals surface area contributed by atoms with Crippen LogP contribution in [0.15, 0.2) is 18.2 Å². The van der Waals surface area contributed by atoms with Gasteiger partial charge in [-0.1, -0.05) is 36.6 Å². The summed E-state index contributed by atoms with van der Waals surface area (Å²) >= 11 is 0. The first-order chi connectivity index (χ1) is 9.09. The van der Waals surface area contributed by atoms with Gasteiger partial charge in [-0.05, 0) is 50.9 Å². The Morgan fingerprint density at radius 2 is 1.79 bits per heavy atom. The molecule has 19 heavy (non-hydrogen) atoms. The van der Waals surface area contributed by atoms with Gasteiger partial charge in [-0.2, -0.15) is 0 Å². The predicted octanol–water partition coefficient (Wildman–Crippen LogP) is 3.31. The molecule has 0 radical (unpaired) electrons. The van der Waals surface area contributed by atoms with Crippen molar-refractivity contribution in [1.29, 1.82) is 0 Å². The summed E-state index contributed by atoms with van der Waals surface area (Å²) < 4.78 is 0. The highest BCUT2D eigenvalue weighted by atomic mass is 16.4. The summed E-state index contributed by atoms with van der Waals surface area (Å²) in [6.07, 6.45) is 4.65. The Morgan fingerprint density at radius 1 is 1.16 bits per heavy atom. The van der Waals surface area contributed by atoms with Crippen LogP contribution in [-0.2, 0) is 4.79 Å². The number of rotatable bonds is 3. The van der Waals surface area contributed by atoms with Gasteiger partial charge in [-0.25, -0.2) is 0 Å². The van der Waals surface area contributed by atoms with Gasteiger partial charge < -0.3 is 5.11 Å². The standard InChI is InChI=1S/C16H23NO2/c1-12-7-8-13(2)14(11-12)15(16(18)19)17-9-5-3-4-6-10-17/h7-8,11,15H,3-6,9-10H2,1-2H3,(H,18,19). The monoisotopic (exact) mass is 261 g/mol. The van der Waals surface area contributed by atoms with E-state index in [9.17, 15) is 9.90 Å². The van der Waals surface area contributed by atoms with Gasteiger partial charge in [0.25, 0.3) is 0 Å². The highest BCUT2D eigenvalue weighted by Crippen LogP contribution is 2.27. The van der Waals surface area contributed by atoms with Crippen LogP contribution in [-0.4, -0.2) is 29.1 Å². The van der Waals surface area contributed by atoms with E-state index in [1.807, 2.05) is 32.0 Å². The van der Waals surface area contributed by atoms with E-state index >= 15 is 0 Å². The van der Waals surface area contributed by atoms with Gasteiger partial charge in [-0.15, -0.1) is 0 Å². The van der Waals surface area contributed by atoms with Crippen LogP contribution in [0.1, 0.15) is 48.4 Å². The Morgan fingerprint density at radius 3 is 2.37 bits per heavy atom. The highest BCUT2D eigenvalue weighted by Gasteiger charge is 2.28. The van der Waals surface area contributed by atoms with Crippen molar-refractivity contribution in [2.75, 3.05) is 13.1 Å². The van der Waals surface area contributed by atoms with Crippen LogP contribution < -0.4 is 0 Å². The van der Waals surface area contributed by atoms with Gasteiger partial charge in [0, 0.05) is 0 Å². The molecule has 0 bridgehead atoms. The first-order valence-electron chi connectivity index (χ1n) is 7.13. The van der Waals surface area contributed by atoms with Crippen LogP contribution in [0.5, 0.6) is 0 Å². The van der Waals surface area contributed by atoms with Crippen molar-refractivity contribution in [3.63, 3.8) is 0 Å². The van der Waals surface area contributed by atoms with E-state index in [0.717, 1.165) is 42.6 Å². The van der Waals surface area contributed by atoms with Crippen molar-refractivity contribution in [3.05, 3.63) is 34.9 Å². The van der Waals surface area contributed by atoms with Gasteiger partial charge in [-0.3, -0.25) is 9.69 Å². The van der Waals surface area contributed by atoms with Crippen LogP contribution in [0.4, 0.5) is 0 Å². The minimum Gasteiger partial charge on any atom is -0.480 e. The second-order valence-corrected chi connectivity index (χ2v) is 5.55. The van der Waals surface area contributed by atoms with E-state index in [4.69, 9.17) is 0 Å². The fourth-order valence-corrected chi connectivity index (χ4v) is 2.89. The summed E-state index contributed by atoms with van der Waals surface area (Å²) in [5.74, 6) is -0.726. The Balaban J connectivity index is 2.33. The molecular weight excluding hydrogens is 238 g/mol. The van der Waals surface area contributed by atoms with Crippen LogP contribution in [0.2, 0.25) is 0 Å². The molecule has 1 heterocycles. The highest BCUT2D eigenvalue weighted by molar-refractivity contribution is 5.76. The van der Waals surface area contributed by atoms with Crippen LogP contribution >= 0.6 is 0 Å². The van der Waals surface area contributed by atoms with Crippen LogP contribution in [0.3, 0.4) is 0 Å². The van der Waals surface area contributed by atoms with Gasteiger partial charge in [0.2, 0.25) is 0 Å². The fourth-order valence-electron chi connectivity index (χ4n) is 2.89. The number of benzene rings is 1. The van der Waals surface area contributed by atoms with Crippen LogP contribution in [0, 0.1) is 13.8 Å². The maximum Gasteiger partial charge on any atom is 0.325 e. The Hall–Kier alpha value is -1.35. The minimum atomic E-state index is -0.726. The number of hydrogen-bond donors (Lipinski definition) is 1. The Labute approximate surface area is 115 Å². The van der Waals surface area contributed by atoms with Gasteiger partial charge >= 0.3 is 5.97 Å². The van der Waals surface area contributed by atoms with Crippen molar-refractivity contribution in [2.45, 2.75) is 45.6 Å². The number of likely N-dealkylation sites (tertiary alicyclic amines) is 1. The molecule has 1 aromatic carbocycles. The average molecular weight is 261 g/mol. The molecule has 1 N–H and O–H groups in total. The lowest BCUT2D eigenvalue weighted by Gasteiger charge is -2.29. The van der Waals surface area contributed by atoms with E-state index in [1.54, 1.807) is 0 Å². The largest absolute Gasteiger partial charge is 0.480 e. The summed E-state index contributed by atoms with van der Waals surface area (Å²) in [6.45, 7) is 5.81. The molecule has 1 aromatic rings. The molecule has 0 saturated carbocycles. The first-order valence-corrected chi connectivity index (χ1v) is 7.13. The van der Waals surface area contributed by atoms with Crippen molar-refractivity contribution in [3.8, 4) is 0 Å². The maximum absolute atomic E-state index is 11.7. The van der Waals surface area contributed by atoms with Crippen LogP contribution in [0.25, 0.3) is 0 Å². The number of aliphatic carboxylic acids is 1. The molecule has 0 aliphatic carbocycles. The molecule has 3 heteroatoms. The lowest BCUT2D eigenvalue weighted by atomic mass is 9.97. The smallest absolute Gasteiger partial charge is 0.325 e. The van der Waals surface area contributed by atoms with E-state index in [1.165, 1.54) is 12.8 Å². The summed E-state index contributed by atoms with van der Waals surface area (Å²) in [5, 5.41) is 9.64. The number of aryl methyl sites for hydroxylation is 2.